The summed E-state index contributed by atoms with van der Waals surface area (Å²) < 4.78 is 25.5. The Balaban J connectivity index is 3.20. The molecular formula is C10H15NO2S. The molecule has 0 radical (unpaired) electrons. The second-order valence-electron chi connectivity index (χ2n) is 3.07. The standard InChI is InChI=1S/C10H15NO2S/c1-3-6-9-7-4-5-8-10(9)14(12,13)11-2/h4-5,7-8,11H,3,6H2,1-2H3. The second-order valence-corrected chi connectivity index (χ2v) is 4.92. The summed E-state index contributed by atoms with van der Waals surface area (Å²) >= 11 is 0. The van der Waals surface area contributed by atoms with Crippen LogP contribution in [-0.2, 0) is 16.4 Å². The summed E-state index contributed by atoms with van der Waals surface area (Å²) in [7, 11) is -1.87. The topological polar surface area (TPSA) is 46.2 Å². The minimum atomic E-state index is -3.30. The molecule has 0 aliphatic heterocycles. The van der Waals surface area contributed by atoms with E-state index in [4.69, 9.17) is 0 Å². The molecule has 78 valence electrons. The highest BCUT2D eigenvalue weighted by Gasteiger charge is 2.14. The molecule has 4 heteroatoms. The van der Waals surface area contributed by atoms with Gasteiger partial charge in [0.05, 0.1) is 4.90 Å². The van der Waals surface area contributed by atoms with Crippen molar-refractivity contribution in [2.75, 3.05) is 7.05 Å². The Morgan fingerprint density at radius 3 is 2.50 bits per heavy atom. The van der Waals surface area contributed by atoms with Crippen LogP contribution in [0.5, 0.6) is 0 Å². The van der Waals surface area contributed by atoms with Crippen molar-refractivity contribution in [3.05, 3.63) is 29.8 Å². The molecule has 0 saturated carbocycles. The molecule has 1 N–H and O–H groups in total. The molecular weight excluding hydrogens is 198 g/mol. The molecule has 0 aromatic heterocycles. The van der Waals surface area contributed by atoms with Gasteiger partial charge < -0.3 is 0 Å². The Morgan fingerprint density at radius 2 is 1.93 bits per heavy atom. The molecule has 0 amide bonds. The molecule has 1 rings (SSSR count). The number of hydrogen-bond donors (Lipinski definition) is 1. The van der Waals surface area contributed by atoms with Gasteiger partial charge in [0.15, 0.2) is 0 Å². The van der Waals surface area contributed by atoms with E-state index in [-0.39, 0.29) is 0 Å². The summed E-state index contributed by atoms with van der Waals surface area (Å²) in [6.45, 7) is 2.03. The van der Waals surface area contributed by atoms with E-state index < -0.39 is 10.0 Å². The van der Waals surface area contributed by atoms with Gasteiger partial charge in [-0.25, -0.2) is 13.1 Å². The van der Waals surface area contributed by atoms with Crippen LogP contribution >= 0.6 is 0 Å². The maximum Gasteiger partial charge on any atom is 0.240 e. The average Bonchev–Trinajstić information content (AvgIpc) is 2.19. The van der Waals surface area contributed by atoms with Gasteiger partial charge in [0.2, 0.25) is 10.0 Å². The molecule has 0 saturated heterocycles. The van der Waals surface area contributed by atoms with Crippen LogP contribution in [0.15, 0.2) is 29.2 Å². The Labute approximate surface area is 85.2 Å². The van der Waals surface area contributed by atoms with E-state index in [1.807, 2.05) is 19.1 Å². The molecule has 0 heterocycles. The van der Waals surface area contributed by atoms with Gasteiger partial charge in [0.1, 0.15) is 0 Å². The summed E-state index contributed by atoms with van der Waals surface area (Å²) in [6, 6.07) is 7.09. The first kappa shape index (κ1) is 11.2. The molecule has 0 atom stereocenters. The van der Waals surface area contributed by atoms with Crippen molar-refractivity contribution in [2.24, 2.45) is 0 Å². The van der Waals surface area contributed by atoms with Crippen LogP contribution in [0, 0.1) is 0 Å². The fraction of sp³-hybridized carbons (Fsp3) is 0.400. The first-order chi connectivity index (χ1) is 6.61. The fourth-order valence-electron chi connectivity index (χ4n) is 1.35. The number of hydrogen-bond acceptors (Lipinski definition) is 2. The smallest absolute Gasteiger partial charge is 0.214 e. The third kappa shape index (κ3) is 2.33. The zero-order chi connectivity index (χ0) is 10.6. The Hall–Kier alpha value is -0.870. The fourth-order valence-corrected chi connectivity index (χ4v) is 2.34. The molecule has 14 heavy (non-hydrogen) atoms. The normalized spacial score (nSPS) is 11.6. The summed E-state index contributed by atoms with van der Waals surface area (Å²) in [5.41, 5.74) is 0.879. The highest BCUT2D eigenvalue weighted by Crippen LogP contribution is 2.16. The number of aryl methyl sites for hydroxylation is 1. The van der Waals surface area contributed by atoms with E-state index in [9.17, 15) is 8.42 Å². The van der Waals surface area contributed by atoms with Crippen molar-refractivity contribution in [2.45, 2.75) is 24.7 Å². The molecule has 0 aliphatic rings. The van der Waals surface area contributed by atoms with Gasteiger partial charge in [-0.15, -0.1) is 0 Å². The minimum absolute atomic E-state index is 0.393. The third-order valence-electron chi connectivity index (χ3n) is 2.05. The quantitative estimate of drug-likeness (QED) is 0.824. The summed E-state index contributed by atoms with van der Waals surface area (Å²) in [5.74, 6) is 0. The zero-order valence-electron chi connectivity index (χ0n) is 8.45. The summed E-state index contributed by atoms with van der Waals surface area (Å²) in [6.07, 6.45) is 1.73. The van der Waals surface area contributed by atoms with Gasteiger partial charge in [-0.05, 0) is 25.1 Å². The van der Waals surface area contributed by atoms with Gasteiger partial charge in [0, 0.05) is 0 Å². The van der Waals surface area contributed by atoms with Crippen molar-refractivity contribution in [3.8, 4) is 0 Å². The van der Waals surface area contributed by atoms with Crippen LogP contribution in [0.25, 0.3) is 0 Å². The van der Waals surface area contributed by atoms with Crippen molar-refractivity contribution in [1.82, 2.24) is 4.72 Å². The molecule has 0 spiro atoms. The summed E-state index contributed by atoms with van der Waals surface area (Å²) in [4.78, 5) is 0.393. The number of benzene rings is 1. The predicted octanol–water partition coefficient (Wildman–Crippen LogP) is 1.55. The van der Waals surface area contributed by atoms with E-state index >= 15 is 0 Å². The SMILES string of the molecule is CCCc1ccccc1S(=O)(=O)NC. The Kier molecular flexibility index (Phi) is 3.66. The van der Waals surface area contributed by atoms with Crippen molar-refractivity contribution < 1.29 is 8.42 Å². The van der Waals surface area contributed by atoms with Gasteiger partial charge in [-0.3, -0.25) is 0 Å². The van der Waals surface area contributed by atoms with Gasteiger partial charge in [-0.1, -0.05) is 31.5 Å². The average molecular weight is 213 g/mol. The Morgan fingerprint density at radius 1 is 1.29 bits per heavy atom. The number of sulfonamides is 1. The predicted molar refractivity (Wildman–Crippen MR) is 56.7 cm³/mol. The molecule has 3 nitrogen and oxygen atoms in total. The van der Waals surface area contributed by atoms with Crippen molar-refractivity contribution in [1.29, 1.82) is 0 Å². The summed E-state index contributed by atoms with van der Waals surface area (Å²) in [5, 5.41) is 0. The monoisotopic (exact) mass is 213 g/mol. The number of nitrogens with one attached hydrogen (secondary N) is 1. The maximum absolute atomic E-state index is 11.6. The molecule has 0 aliphatic carbocycles. The van der Waals surface area contributed by atoms with Crippen LogP contribution in [0.4, 0.5) is 0 Å². The van der Waals surface area contributed by atoms with Crippen molar-refractivity contribution >= 4 is 10.0 Å². The highest BCUT2D eigenvalue weighted by atomic mass is 32.2. The molecule has 0 bridgehead atoms. The first-order valence-electron chi connectivity index (χ1n) is 4.63. The molecule has 1 aromatic rings. The van der Waals surface area contributed by atoms with Crippen LogP contribution in [-0.4, -0.2) is 15.5 Å². The second kappa shape index (κ2) is 4.57. The van der Waals surface area contributed by atoms with Gasteiger partial charge in [0.25, 0.3) is 0 Å². The van der Waals surface area contributed by atoms with Gasteiger partial charge >= 0.3 is 0 Å². The van der Waals surface area contributed by atoms with Crippen LogP contribution < -0.4 is 4.72 Å². The minimum Gasteiger partial charge on any atom is -0.214 e. The van der Waals surface area contributed by atoms with Crippen LogP contribution in [0.2, 0.25) is 0 Å². The molecule has 0 fully saturated rings. The lowest BCUT2D eigenvalue weighted by atomic mass is 10.1. The lowest BCUT2D eigenvalue weighted by Gasteiger charge is -2.07. The largest absolute Gasteiger partial charge is 0.240 e. The zero-order valence-corrected chi connectivity index (χ0v) is 9.26. The van der Waals surface area contributed by atoms with E-state index in [1.54, 1.807) is 12.1 Å². The van der Waals surface area contributed by atoms with E-state index in [2.05, 4.69) is 4.72 Å². The third-order valence-corrected chi connectivity index (χ3v) is 3.56. The lowest BCUT2D eigenvalue weighted by molar-refractivity contribution is 0.587. The Bertz CT molecular complexity index is 398. The van der Waals surface area contributed by atoms with E-state index in [0.717, 1.165) is 18.4 Å². The maximum atomic E-state index is 11.6. The molecule has 1 aromatic carbocycles. The van der Waals surface area contributed by atoms with Crippen molar-refractivity contribution in [3.63, 3.8) is 0 Å². The lowest BCUT2D eigenvalue weighted by Crippen LogP contribution is -2.20. The van der Waals surface area contributed by atoms with E-state index in [0.29, 0.717) is 4.90 Å². The first-order valence-corrected chi connectivity index (χ1v) is 6.11. The van der Waals surface area contributed by atoms with Gasteiger partial charge in [-0.2, -0.15) is 0 Å². The number of rotatable bonds is 4. The highest BCUT2D eigenvalue weighted by molar-refractivity contribution is 7.89. The van der Waals surface area contributed by atoms with Crippen LogP contribution in [0.3, 0.4) is 0 Å². The van der Waals surface area contributed by atoms with E-state index in [1.165, 1.54) is 7.05 Å². The molecule has 0 unspecified atom stereocenters. The van der Waals surface area contributed by atoms with Crippen LogP contribution in [0.1, 0.15) is 18.9 Å².